The molecule has 5 nitrogen and oxygen atoms in total. The number of primary sulfonamides is 1. The molecule has 0 bridgehead atoms. The Bertz CT molecular complexity index is 634. The fourth-order valence-electron chi connectivity index (χ4n) is 1.73. The monoisotopic (exact) mass is 296 g/mol. The van der Waals surface area contributed by atoms with E-state index >= 15 is 0 Å². The highest BCUT2D eigenvalue weighted by Gasteiger charge is 2.17. The number of rotatable bonds is 5. The van der Waals surface area contributed by atoms with Gasteiger partial charge in [0.1, 0.15) is 4.90 Å². The number of carbonyl (C=O) groups is 1. The molecular weight excluding hydrogens is 276 g/mol. The van der Waals surface area contributed by atoms with E-state index in [-0.39, 0.29) is 16.2 Å². The molecule has 0 saturated heterocycles. The predicted molar refractivity (Wildman–Crippen MR) is 79.8 cm³/mol. The maximum absolute atomic E-state index is 11.6. The van der Waals surface area contributed by atoms with Gasteiger partial charge in [-0.3, -0.25) is 4.79 Å². The molecule has 0 spiro atoms. The molecule has 6 heteroatoms. The Kier molecular flexibility index (Phi) is 5.08. The quantitative estimate of drug-likeness (QED) is 0.815. The van der Waals surface area contributed by atoms with Gasteiger partial charge in [-0.15, -0.1) is 0 Å². The van der Waals surface area contributed by atoms with Gasteiger partial charge in [-0.1, -0.05) is 26.5 Å². The van der Waals surface area contributed by atoms with Gasteiger partial charge in [-0.25, -0.2) is 13.6 Å². The van der Waals surface area contributed by atoms with Crippen LogP contribution in [0.4, 0.5) is 5.69 Å². The van der Waals surface area contributed by atoms with Gasteiger partial charge in [-0.05, 0) is 37.0 Å². The number of hydrogen-bond donors (Lipinski definition) is 2. The minimum atomic E-state index is -3.91. The molecule has 0 aliphatic carbocycles. The zero-order chi connectivity index (χ0) is 15.5. The summed E-state index contributed by atoms with van der Waals surface area (Å²) in [7, 11) is -3.91. The van der Waals surface area contributed by atoms with Crippen LogP contribution < -0.4 is 10.5 Å². The van der Waals surface area contributed by atoms with Gasteiger partial charge in [0.05, 0.1) is 5.69 Å². The molecule has 0 saturated carbocycles. The maximum atomic E-state index is 11.6. The second-order valence-corrected chi connectivity index (χ2v) is 6.74. The molecular formula is C14H20N2O3S. The smallest absolute Gasteiger partial charge is 0.250 e. The average Bonchev–Trinajstić information content (AvgIpc) is 2.28. The predicted octanol–water partition coefficient (Wildman–Crippen LogP) is 2.05. The van der Waals surface area contributed by atoms with Crippen LogP contribution in [0.3, 0.4) is 0 Å². The lowest BCUT2D eigenvalue weighted by atomic mass is 10.0. The van der Waals surface area contributed by atoms with E-state index in [1.165, 1.54) is 6.07 Å². The van der Waals surface area contributed by atoms with Gasteiger partial charge in [0.25, 0.3) is 5.91 Å². The van der Waals surface area contributed by atoms with Crippen LogP contribution in [0.1, 0.15) is 26.3 Å². The highest BCUT2D eigenvalue weighted by molar-refractivity contribution is 7.89. The summed E-state index contributed by atoms with van der Waals surface area (Å²) >= 11 is 0. The van der Waals surface area contributed by atoms with Gasteiger partial charge >= 0.3 is 0 Å². The number of amides is 1. The number of anilines is 1. The molecule has 20 heavy (non-hydrogen) atoms. The third kappa shape index (κ3) is 4.47. The number of hydrogen-bond acceptors (Lipinski definition) is 3. The number of carbonyl (C=O) groups excluding carboxylic acids is 1. The van der Waals surface area contributed by atoms with Crippen molar-refractivity contribution in [3.8, 4) is 0 Å². The molecule has 0 aliphatic rings. The molecule has 110 valence electrons. The molecule has 0 atom stereocenters. The first-order valence-corrected chi connectivity index (χ1v) is 7.78. The summed E-state index contributed by atoms with van der Waals surface area (Å²) in [5.41, 5.74) is 1.32. The lowest BCUT2D eigenvalue weighted by molar-refractivity contribution is -0.112. The van der Waals surface area contributed by atoms with Crippen LogP contribution in [-0.2, 0) is 21.2 Å². The Balaban J connectivity index is 3.24. The first-order valence-electron chi connectivity index (χ1n) is 6.24. The van der Waals surface area contributed by atoms with E-state index < -0.39 is 15.9 Å². The van der Waals surface area contributed by atoms with E-state index in [2.05, 4.69) is 11.9 Å². The molecule has 1 rings (SSSR count). The molecule has 1 aromatic rings. The Labute approximate surface area is 119 Å². The summed E-state index contributed by atoms with van der Waals surface area (Å²) < 4.78 is 23.3. The molecule has 0 unspecified atom stereocenters. The normalized spacial score (nSPS) is 11.4. The van der Waals surface area contributed by atoms with Gasteiger partial charge in [0.2, 0.25) is 10.0 Å². The molecule has 0 aliphatic heterocycles. The summed E-state index contributed by atoms with van der Waals surface area (Å²) in [4.78, 5) is 11.5. The van der Waals surface area contributed by atoms with E-state index in [1.807, 2.05) is 13.8 Å². The summed E-state index contributed by atoms with van der Waals surface area (Å²) in [6.07, 6.45) is 0.733. The van der Waals surface area contributed by atoms with Gasteiger partial charge in [-0.2, -0.15) is 0 Å². The van der Waals surface area contributed by atoms with Crippen molar-refractivity contribution in [3.63, 3.8) is 0 Å². The maximum Gasteiger partial charge on any atom is 0.250 e. The molecule has 0 heterocycles. The molecule has 1 amide bonds. The second kappa shape index (κ2) is 6.19. The molecule has 1 aromatic carbocycles. The Morgan fingerprint density at radius 3 is 2.45 bits per heavy atom. The van der Waals surface area contributed by atoms with E-state index in [4.69, 9.17) is 5.14 Å². The summed E-state index contributed by atoms with van der Waals surface area (Å²) in [6, 6.07) is 4.84. The molecule has 0 radical (unpaired) electrons. The highest BCUT2D eigenvalue weighted by atomic mass is 32.2. The zero-order valence-corrected chi connectivity index (χ0v) is 12.8. The van der Waals surface area contributed by atoms with Gasteiger partial charge < -0.3 is 5.32 Å². The molecule has 0 aromatic heterocycles. The van der Waals surface area contributed by atoms with E-state index in [9.17, 15) is 13.2 Å². The van der Waals surface area contributed by atoms with Crippen LogP contribution in [0.5, 0.6) is 0 Å². The third-order valence-corrected chi connectivity index (χ3v) is 3.58. The molecule has 3 N–H and O–H groups in total. The van der Waals surface area contributed by atoms with Crippen LogP contribution in [0.15, 0.2) is 35.2 Å². The van der Waals surface area contributed by atoms with Gasteiger partial charge in [0, 0.05) is 5.57 Å². The largest absolute Gasteiger partial charge is 0.321 e. The Morgan fingerprint density at radius 2 is 2.00 bits per heavy atom. The lowest BCUT2D eigenvalue weighted by Gasteiger charge is -2.12. The topological polar surface area (TPSA) is 89.3 Å². The van der Waals surface area contributed by atoms with Crippen molar-refractivity contribution in [3.05, 3.63) is 35.9 Å². The Morgan fingerprint density at radius 1 is 1.40 bits per heavy atom. The zero-order valence-electron chi connectivity index (χ0n) is 11.9. The summed E-state index contributed by atoms with van der Waals surface area (Å²) in [6.45, 7) is 9.12. The van der Waals surface area contributed by atoms with Crippen molar-refractivity contribution in [2.45, 2.75) is 32.1 Å². The van der Waals surface area contributed by atoms with Crippen LogP contribution in [0, 0.1) is 5.92 Å². The van der Waals surface area contributed by atoms with E-state index in [0.717, 1.165) is 12.0 Å². The number of nitrogens with two attached hydrogens (primary N) is 1. The average molecular weight is 296 g/mol. The van der Waals surface area contributed by atoms with Crippen LogP contribution in [0.25, 0.3) is 0 Å². The first-order chi connectivity index (χ1) is 9.11. The van der Waals surface area contributed by atoms with E-state index in [0.29, 0.717) is 5.92 Å². The summed E-state index contributed by atoms with van der Waals surface area (Å²) in [5.74, 6) is -0.0503. The van der Waals surface area contributed by atoms with Crippen molar-refractivity contribution < 1.29 is 13.2 Å². The van der Waals surface area contributed by atoms with Crippen molar-refractivity contribution in [1.29, 1.82) is 0 Å². The Hall–Kier alpha value is -1.66. The SMILES string of the molecule is C=C(C)C(=O)Nc1ccc(CC(C)C)cc1S(N)(=O)=O. The lowest BCUT2D eigenvalue weighted by Crippen LogP contribution is -2.19. The summed E-state index contributed by atoms with van der Waals surface area (Å²) in [5, 5.41) is 7.71. The van der Waals surface area contributed by atoms with E-state index in [1.54, 1.807) is 19.1 Å². The van der Waals surface area contributed by atoms with Crippen LogP contribution >= 0.6 is 0 Å². The number of sulfonamides is 1. The van der Waals surface area contributed by atoms with Gasteiger partial charge in [0.15, 0.2) is 0 Å². The highest BCUT2D eigenvalue weighted by Crippen LogP contribution is 2.23. The van der Waals surface area contributed by atoms with Crippen molar-refractivity contribution in [2.75, 3.05) is 5.32 Å². The van der Waals surface area contributed by atoms with Crippen molar-refractivity contribution >= 4 is 21.6 Å². The molecule has 0 fully saturated rings. The second-order valence-electron chi connectivity index (χ2n) is 5.21. The van der Waals surface area contributed by atoms with Crippen LogP contribution in [-0.4, -0.2) is 14.3 Å². The fourth-order valence-corrected chi connectivity index (χ4v) is 2.47. The number of nitrogens with one attached hydrogen (secondary N) is 1. The fraction of sp³-hybridized carbons (Fsp3) is 0.357. The van der Waals surface area contributed by atoms with Crippen molar-refractivity contribution in [2.24, 2.45) is 11.1 Å². The number of benzene rings is 1. The third-order valence-electron chi connectivity index (χ3n) is 2.63. The van der Waals surface area contributed by atoms with Crippen LogP contribution in [0.2, 0.25) is 0 Å². The first kappa shape index (κ1) is 16.4. The van der Waals surface area contributed by atoms with Crippen molar-refractivity contribution in [1.82, 2.24) is 0 Å². The minimum Gasteiger partial charge on any atom is -0.321 e. The standard InChI is InChI=1S/C14H20N2O3S/c1-9(2)7-11-5-6-12(16-14(17)10(3)4)13(8-11)20(15,18)19/h5-6,8-9H,3,7H2,1-2,4H3,(H,16,17)(H2,15,18,19). The minimum absolute atomic E-state index is 0.0785.